The van der Waals surface area contributed by atoms with Crippen LogP contribution in [0.2, 0.25) is 0 Å². The van der Waals surface area contributed by atoms with Crippen LogP contribution in [0.15, 0.2) is 16.5 Å². The van der Waals surface area contributed by atoms with Crippen LogP contribution in [0.25, 0.3) is 0 Å². The number of hydrogen-bond acceptors (Lipinski definition) is 2. The lowest BCUT2D eigenvalue weighted by Gasteiger charge is -2.20. The van der Waals surface area contributed by atoms with Gasteiger partial charge in [-0.2, -0.15) is 8.78 Å². The number of halogens is 2. The van der Waals surface area contributed by atoms with Crippen LogP contribution in [0.5, 0.6) is 0 Å². The van der Waals surface area contributed by atoms with E-state index in [1.807, 2.05) is 0 Å². The fraction of sp³-hybridized carbons (Fsp3) is 0.545. The smallest absolute Gasteiger partial charge is 0.315 e. The first kappa shape index (κ1) is 11.1. The molecular formula is C11H13F2NO2. The zero-order valence-corrected chi connectivity index (χ0v) is 8.95. The van der Waals surface area contributed by atoms with E-state index in [1.54, 1.807) is 19.1 Å². The molecule has 0 aromatic carbocycles. The van der Waals surface area contributed by atoms with Gasteiger partial charge in [0.25, 0.3) is 5.91 Å². The minimum absolute atomic E-state index is 0.0353. The van der Waals surface area contributed by atoms with Crippen molar-refractivity contribution in [3.05, 3.63) is 23.7 Å². The number of carbonyl (C=O) groups excluding carboxylic acids is 1. The lowest BCUT2D eigenvalue weighted by Crippen LogP contribution is -2.36. The van der Waals surface area contributed by atoms with Gasteiger partial charge in [-0.05, 0) is 31.9 Å². The van der Waals surface area contributed by atoms with Crippen LogP contribution in [0.1, 0.15) is 24.4 Å². The van der Waals surface area contributed by atoms with Gasteiger partial charge in [0.05, 0.1) is 6.54 Å². The minimum Gasteiger partial charge on any atom is -0.464 e. The van der Waals surface area contributed by atoms with E-state index in [1.165, 1.54) is 4.90 Å². The molecule has 5 heteroatoms. The molecule has 2 rings (SSSR count). The zero-order valence-electron chi connectivity index (χ0n) is 8.95. The van der Waals surface area contributed by atoms with E-state index < -0.39 is 12.3 Å². The number of furan rings is 1. The highest BCUT2D eigenvalue weighted by Gasteiger charge is 2.36. The summed E-state index contributed by atoms with van der Waals surface area (Å²) >= 11 is 0. The Morgan fingerprint density at radius 3 is 2.69 bits per heavy atom. The topological polar surface area (TPSA) is 33.5 Å². The van der Waals surface area contributed by atoms with Crippen LogP contribution in [-0.4, -0.2) is 23.3 Å². The second-order valence-electron chi connectivity index (χ2n) is 4.01. The quantitative estimate of drug-likeness (QED) is 0.794. The van der Waals surface area contributed by atoms with E-state index >= 15 is 0 Å². The van der Waals surface area contributed by atoms with Gasteiger partial charge < -0.3 is 9.32 Å². The van der Waals surface area contributed by atoms with Crippen LogP contribution in [0.4, 0.5) is 8.78 Å². The van der Waals surface area contributed by atoms with Crippen molar-refractivity contribution in [3.8, 4) is 0 Å². The van der Waals surface area contributed by atoms with Crippen molar-refractivity contribution < 1.29 is 18.0 Å². The molecule has 1 aliphatic carbocycles. The third-order valence-corrected chi connectivity index (χ3v) is 2.58. The van der Waals surface area contributed by atoms with E-state index in [0.717, 1.165) is 18.6 Å². The molecule has 88 valence electrons. The Hall–Kier alpha value is -1.39. The van der Waals surface area contributed by atoms with Crippen LogP contribution < -0.4 is 0 Å². The molecule has 0 atom stereocenters. The summed E-state index contributed by atoms with van der Waals surface area (Å²) in [7, 11) is 0. The van der Waals surface area contributed by atoms with Crippen molar-refractivity contribution in [1.82, 2.24) is 4.90 Å². The van der Waals surface area contributed by atoms with Crippen LogP contribution in [0, 0.1) is 6.92 Å². The average molecular weight is 229 g/mol. The largest absolute Gasteiger partial charge is 0.464 e. The molecule has 1 saturated carbocycles. The minimum atomic E-state index is -2.93. The summed E-state index contributed by atoms with van der Waals surface area (Å²) in [6.45, 7) is 1.92. The predicted octanol–water partition coefficient (Wildman–Crippen LogP) is 2.34. The monoisotopic (exact) mass is 229 g/mol. The Kier molecular flexibility index (Phi) is 2.94. The summed E-state index contributed by atoms with van der Waals surface area (Å²) in [5.41, 5.74) is 0. The van der Waals surface area contributed by atoms with Crippen LogP contribution in [-0.2, 0) is 11.3 Å². The highest BCUT2D eigenvalue weighted by atomic mass is 19.3. The number of amides is 1. The normalized spacial score (nSPS) is 15.5. The predicted molar refractivity (Wildman–Crippen MR) is 53.0 cm³/mol. The molecule has 16 heavy (non-hydrogen) atoms. The standard InChI is InChI=1S/C11H13F2NO2/c1-7-2-5-9(16-7)6-14(8-3-4-8)11(15)10(12)13/h2,5,8,10H,3-4,6H2,1H3. The van der Waals surface area contributed by atoms with Gasteiger partial charge in [-0.1, -0.05) is 0 Å². The fourth-order valence-corrected chi connectivity index (χ4v) is 1.64. The highest BCUT2D eigenvalue weighted by Crippen LogP contribution is 2.29. The number of rotatable bonds is 4. The third kappa shape index (κ3) is 2.40. The zero-order chi connectivity index (χ0) is 11.7. The molecule has 1 amide bonds. The third-order valence-electron chi connectivity index (χ3n) is 2.58. The first-order chi connectivity index (χ1) is 7.58. The van der Waals surface area contributed by atoms with E-state index in [-0.39, 0.29) is 12.6 Å². The molecule has 1 aromatic rings. The van der Waals surface area contributed by atoms with Crippen molar-refractivity contribution in [2.75, 3.05) is 0 Å². The van der Waals surface area contributed by atoms with Crippen LogP contribution in [0.3, 0.4) is 0 Å². The molecule has 0 unspecified atom stereocenters. The van der Waals surface area contributed by atoms with E-state index in [9.17, 15) is 13.6 Å². The first-order valence-electron chi connectivity index (χ1n) is 5.22. The van der Waals surface area contributed by atoms with Crippen molar-refractivity contribution in [2.45, 2.75) is 38.8 Å². The Balaban J connectivity index is 2.06. The maximum absolute atomic E-state index is 12.4. The summed E-state index contributed by atoms with van der Waals surface area (Å²) < 4.78 is 30.0. The summed E-state index contributed by atoms with van der Waals surface area (Å²) in [6.07, 6.45) is -1.33. The molecule has 0 saturated heterocycles. The Bertz CT molecular complexity index is 385. The van der Waals surface area contributed by atoms with Gasteiger partial charge in [-0.15, -0.1) is 0 Å². The summed E-state index contributed by atoms with van der Waals surface area (Å²) in [6, 6.07) is 3.43. The number of hydrogen-bond donors (Lipinski definition) is 0. The van der Waals surface area contributed by atoms with Crippen molar-refractivity contribution in [2.24, 2.45) is 0 Å². The summed E-state index contributed by atoms with van der Waals surface area (Å²) in [5.74, 6) is 0.171. The summed E-state index contributed by atoms with van der Waals surface area (Å²) in [4.78, 5) is 12.5. The Labute approximate surface area is 92.0 Å². The van der Waals surface area contributed by atoms with Gasteiger partial charge in [-0.3, -0.25) is 4.79 Å². The van der Waals surface area contributed by atoms with Gasteiger partial charge in [0.1, 0.15) is 11.5 Å². The van der Waals surface area contributed by atoms with E-state index in [2.05, 4.69) is 0 Å². The van der Waals surface area contributed by atoms with Gasteiger partial charge in [0, 0.05) is 6.04 Å². The molecule has 3 nitrogen and oxygen atoms in total. The maximum Gasteiger partial charge on any atom is 0.315 e. The molecule has 0 aliphatic heterocycles. The number of alkyl halides is 2. The molecule has 1 heterocycles. The molecule has 1 aliphatic rings. The lowest BCUT2D eigenvalue weighted by molar-refractivity contribution is -0.144. The molecule has 1 aromatic heterocycles. The second-order valence-corrected chi connectivity index (χ2v) is 4.01. The van der Waals surface area contributed by atoms with Crippen molar-refractivity contribution >= 4 is 5.91 Å². The number of aryl methyl sites for hydroxylation is 1. The Morgan fingerprint density at radius 1 is 1.56 bits per heavy atom. The van der Waals surface area contributed by atoms with Crippen molar-refractivity contribution in [1.29, 1.82) is 0 Å². The average Bonchev–Trinajstić information content (AvgIpc) is 2.98. The molecule has 0 N–H and O–H groups in total. The summed E-state index contributed by atoms with van der Waals surface area (Å²) in [5, 5.41) is 0. The van der Waals surface area contributed by atoms with E-state index in [0.29, 0.717) is 5.76 Å². The number of nitrogens with zero attached hydrogens (tertiary/aromatic N) is 1. The van der Waals surface area contributed by atoms with Gasteiger partial charge in [0.2, 0.25) is 0 Å². The second kappa shape index (κ2) is 4.23. The first-order valence-corrected chi connectivity index (χ1v) is 5.22. The van der Waals surface area contributed by atoms with Crippen molar-refractivity contribution in [3.63, 3.8) is 0 Å². The van der Waals surface area contributed by atoms with Gasteiger partial charge in [-0.25, -0.2) is 0 Å². The van der Waals surface area contributed by atoms with Gasteiger partial charge in [0.15, 0.2) is 0 Å². The highest BCUT2D eigenvalue weighted by molar-refractivity contribution is 5.79. The van der Waals surface area contributed by atoms with Crippen LogP contribution >= 0.6 is 0 Å². The van der Waals surface area contributed by atoms with Gasteiger partial charge >= 0.3 is 6.43 Å². The Morgan fingerprint density at radius 2 is 2.25 bits per heavy atom. The maximum atomic E-state index is 12.4. The molecular weight excluding hydrogens is 216 g/mol. The molecule has 0 spiro atoms. The van der Waals surface area contributed by atoms with E-state index in [4.69, 9.17) is 4.42 Å². The number of carbonyl (C=O) groups is 1. The fourth-order valence-electron chi connectivity index (χ4n) is 1.64. The molecule has 0 radical (unpaired) electrons. The molecule has 0 bridgehead atoms. The molecule has 1 fully saturated rings. The SMILES string of the molecule is Cc1ccc(CN(C(=O)C(F)F)C2CC2)o1. The lowest BCUT2D eigenvalue weighted by atomic mass is 10.3.